The van der Waals surface area contributed by atoms with Gasteiger partial charge in [-0.25, -0.2) is 0 Å². The number of hydrogen-bond acceptors (Lipinski definition) is 2. The zero-order chi connectivity index (χ0) is 12.1. The van der Waals surface area contributed by atoms with Gasteiger partial charge >= 0.3 is 0 Å². The second kappa shape index (κ2) is 5.82. The van der Waals surface area contributed by atoms with Crippen LogP contribution in [0.1, 0.15) is 36.0 Å². The molecule has 1 aromatic rings. The predicted molar refractivity (Wildman–Crippen MR) is 66.8 cm³/mol. The van der Waals surface area contributed by atoms with Crippen LogP contribution in [0.15, 0.2) is 30.3 Å². The van der Waals surface area contributed by atoms with Gasteiger partial charge in [0.25, 0.3) is 5.91 Å². The molecule has 1 atom stereocenters. The largest absolute Gasteiger partial charge is 0.396 e. The molecule has 1 aromatic carbocycles. The van der Waals surface area contributed by atoms with Crippen LogP contribution >= 0.6 is 0 Å². The number of benzene rings is 1. The fourth-order valence-corrected chi connectivity index (χ4v) is 2.46. The maximum Gasteiger partial charge on any atom is 0.254 e. The van der Waals surface area contributed by atoms with Crippen LogP contribution in [0.4, 0.5) is 0 Å². The standard InChI is InChI=1S/C14H19NO2/c16-11-9-13-8-4-5-10-15(13)14(17)12-6-2-1-3-7-12/h1-3,6-7,13,16H,4-5,8-11H2/t13-/m0/s1. The molecule has 0 aromatic heterocycles. The summed E-state index contributed by atoms with van der Waals surface area (Å²) in [5, 5.41) is 9.05. The van der Waals surface area contributed by atoms with Crippen LogP contribution in [0.2, 0.25) is 0 Å². The molecular formula is C14H19NO2. The van der Waals surface area contributed by atoms with E-state index in [4.69, 9.17) is 5.11 Å². The minimum Gasteiger partial charge on any atom is -0.396 e. The highest BCUT2D eigenvalue weighted by Crippen LogP contribution is 2.21. The predicted octanol–water partition coefficient (Wildman–Crippen LogP) is 2.06. The summed E-state index contributed by atoms with van der Waals surface area (Å²) in [6.45, 7) is 0.974. The van der Waals surface area contributed by atoms with E-state index < -0.39 is 0 Å². The number of amides is 1. The number of carbonyl (C=O) groups is 1. The maximum atomic E-state index is 12.3. The monoisotopic (exact) mass is 233 g/mol. The van der Waals surface area contributed by atoms with E-state index >= 15 is 0 Å². The lowest BCUT2D eigenvalue weighted by Gasteiger charge is -2.35. The molecule has 1 N–H and O–H groups in total. The number of piperidine rings is 1. The van der Waals surface area contributed by atoms with E-state index in [0.717, 1.165) is 31.4 Å². The molecule has 1 fully saturated rings. The molecule has 0 aliphatic carbocycles. The van der Waals surface area contributed by atoms with E-state index in [9.17, 15) is 4.79 Å². The molecule has 0 spiro atoms. The first-order chi connectivity index (χ1) is 8.33. The van der Waals surface area contributed by atoms with Crippen molar-refractivity contribution in [2.45, 2.75) is 31.7 Å². The average Bonchev–Trinajstić information content (AvgIpc) is 2.40. The number of rotatable bonds is 3. The smallest absolute Gasteiger partial charge is 0.254 e. The molecule has 1 aliphatic rings. The van der Waals surface area contributed by atoms with Crippen LogP contribution < -0.4 is 0 Å². The maximum absolute atomic E-state index is 12.3. The van der Waals surface area contributed by atoms with Crippen molar-refractivity contribution in [3.63, 3.8) is 0 Å². The summed E-state index contributed by atoms with van der Waals surface area (Å²) < 4.78 is 0. The van der Waals surface area contributed by atoms with Crippen molar-refractivity contribution in [3.05, 3.63) is 35.9 Å². The lowest BCUT2D eigenvalue weighted by Crippen LogP contribution is -2.44. The van der Waals surface area contributed by atoms with E-state index in [1.807, 2.05) is 35.2 Å². The second-order valence-electron chi connectivity index (χ2n) is 4.53. The summed E-state index contributed by atoms with van der Waals surface area (Å²) in [5.74, 6) is 0.101. The van der Waals surface area contributed by atoms with Gasteiger partial charge in [-0.15, -0.1) is 0 Å². The lowest BCUT2D eigenvalue weighted by molar-refractivity contribution is 0.0574. The summed E-state index contributed by atoms with van der Waals surface area (Å²) in [6, 6.07) is 9.61. The lowest BCUT2D eigenvalue weighted by atomic mass is 9.98. The number of hydrogen-bond donors (Lipinski definition) is 1. The molecule has 1 amide bonds. The number of aliphatic hydroxyl groups excluding tert-OH is 1. The van der Waals surface area contributed by atoms with Crippen molar-refractivity contribution < 1.29 is 9.90 Å². The van der Waals surface area contributed by atoms with Gasteiger partial charge in [-0.05, 0) is 37.8 Å². The third kappa shape index (κ3) is 2.86. The fraction of sp³-hybridized carbons (Fsp3) is 0.500. The highest BCUT2D eigenvalue weighted by Gasteiger charge is 2.26. The minimum atomic E-state index is 0.101. The first kappa shape index (κ1) is 12.1. The van der Waals surface area contributed by atoms with Crippen LogP contribution in [0.5, 0.6) is 0 Å². The van der Waals surface area contributed by atoms with Crippen LogP contribution in [-0.4, -0.2) is 35.1 Å². The van der Waals surface area contributed by atoms with Gasteiger partial charge in [-0.1, -0.05) is 18.2 Å². The van der Waals surface area contributed by atoms with Crippen LogP contribution in [0, 0.1) is 0 Å². The van der Waals surface area contributed by atoms with Crippen molar-refractivity contribution in [2.75, 3.05) is 13.2 Å². The van der Waals surface area contributed by atoms with E-state index in [1.54, 1.807) is 0 Å². The molecule has 3 heteroatoms. The van der Waals surface area contributed by atoms with E-state index in [1.165, 1.54) is 0 Å². The molecule has 1 heterocycles. The molecule has 17 heavy (non-hydrogen) atoms. The summed E-state index contributed by atoms with van der Waals surface area (Å²) in [4.78, 5) is 14.3. The quantitative estimate of drug-likeness (QED) is 0.868. The Bertz CT molecular complexity index is 362. The molecule has 0 unspecified atom stereocenters. The number of likely N-dealkylation sites (tertiary alicyclic amines) is 1. The molecular weight excluding hydrogens is 214 g/mol. The van der Waals surface area contributed by atoms with Gasteiger partial charge in [0.05, 0.1) is 0 Å². The molecule has 1 saturated heterocycles. The van der Waals surface area contributed by atoms with Crippen molar-refractivity contribution >= 4 is 5.91 Å². The average molecular weight is 233 g/mol. The van der Waals surface area contributed by atoms with Gasteiger partial charge in [0.2, 0.25) is 0 Å². The van der Waals surface area contributed by atoms with Crippen LogP contribution in [-0.2, 0) is 0 Å². The minimum absolute atomic E-state index is 0.101. The second-order valence-corrected chi connectivity index (χ2v) is 4.53. The molecule has 92 valence electrons. The Morgan fingerprint density at radius 2 is 2.06 bits per heavy atom. The molecule has 2 rings (SSSR count). The van der Waals surface area contributed by atoms with E-state index in [2.05, 4.69) is 0 Å². The Kier molecular flexibility index (Phi) is 4.15. The fourth-order valence-electron chi connectivity index (χ4n) is 2.46. The number of carbonyl (C=O) groups excluding carboxylic acids is 1. The van der Waals surface area contributed by atoms with Crippen LogP contribution in [0.25, 0.3) is 0 Å². The Morgan fingerprint density at radius 1 is 1.29 bits per heavy atom. The zero-order valence-corrected chi connectivity index (χ0v) is 10.0. The topological polar surface area (TPSA) is 40.5 Å². The first-order valence-corrected chi connectivity index (χ1v) is 6.30. The zero-order valence-electron chi connectivity index (χ0n) is 10.0. The normalized spacial score (nSPS) is 20.3. The third-order valence-corrected chi connectivity index (χ3v) is 3.37. The van der Waals surface area contributed by atoms with Gasteiger partial charge in [0.1, 0.15) is 0 Å². The molecule has 3 nitrogen and oxygen atoms in total. The van der Waals surface area contributed by atoms with Crippen molar-refractivity contribution in [1.82, 2.24) is 4.90 Å². The summed E-state index contributed by atoms with van der Waals surface area (Å²) in [5.41, 5.74) is 0.748. The van der Waals surface area contributed by atoms with E-state index in [0.29, 0.717) is 6.42 Å². The Labute approximate surface area is 102 Å². The van der Waals surface area contributed by atoms with Gasteiger partial charge < -0.3 is 10.0 Å². The molecule has 0 bridgehead atoms. The van der Waals surface area contributed by atoms with Crippen molar-refractivity contribution in [2.24, 2.45) is 0 Å². The Balaban J connectivity index is 2.11. The van der Waals surface area contributed by atoms with Crippen molar-refractivity contribution in [1.29, 1.82) is 0 Å². The molecule has 0 saturated carbocycles. The molecule has 0 radical (unpaired) electrons. The van der Waals surface area contributed by atoms with Gasteiger partial charge in [0, 0.05) is 24.8 Å². The van der Waals surface area contributed by atoms with Gasteiger partial charge in [0.15, 0.2) is 0 Å². The first-order valence-electron chi connectivity index (χ1n) is 6.30. The van der Waals surface area contributed by atoms with Crippen LogP contribution in [0.3, 0.4) is 0 Å². The third-order valence-electron chi connectivity index (χ3n) is 3.37. The van der Waals surface area contributed by atoms with Gasteiger partial charge in [-0.2, -0.15) is 0 Å². The Morgan fingerprint density at radius 3 is 2.76 bits per heavy atom. The highest BCUT2D eigenvalue weighted by atomic mass is 16.3. The van der Waals surface area contributed by atoms with E-state index in [-0.39, 0.29) is 18.6 Å². The van der Waals surface area contributed by atoms with Gasteiger partial charge in [-0.3, -0.25) is 4.79 Å². The summed E-state index contributed by atoms with van der Waals surface area (Å²) >= 11 is 0. The number of aliphatic hydroxyl groups is 1. The highest BCUT2D eigenvalue weighted by molar-refractivity contribution is 5.94. The Hall–Kier alpha value is -1.35. The summed E-state index contributed by atoms with van der Waals surface area (Å²) in [7, 11) is 0. The number of nitrogens with zero attached hydrogens (tertiary/aromatic N) is 1. The molecule has 1 aliphatic heterocycles. The van der Waals surface area contributed by atoms with Crippen molar-refractivity contribution in [3.8, 4) is 0 Å². The summed E-state index contributed by atoms with van der Waals surface area (Å²) in [6.07, 6.45) is 3.93. The SMILES string of the molecule is O=C(c1ccccc1)N1CCCC[C@H]1CCO.